The molecule has 0 fully saturated rings. The molecule has 2 aromatic carbocycles. The second-order valence-electron chi connectivity index (χ2n) is 5.87. The minimum absolute atomic E-state index is 0.0673. The Bertz CT molecular complexity index is 839. The van der Waals surface area contributed by atoms with Gasteiger partial charge >= 0.3 is 5.97 Å². The van der Waals surface area contributed by atoms with Gasteiger partial charge in [0.05, 0.1) is 16.1 Å². The lowest BCUT2D eigenvalue weighted by atomic mass is 9.88. The predicted molar refractivity (Wildman–Crippen MR) is 91.7 cm³/mol. The van der Waals surface area contributed by atoms with Crippen molar-refractivity contribution in [1.82, 2.24) is 0 Å². The number of fused-ring (bicyclic) bond motifs is 1. The Morgan fingerprint density at radius 1 is 1.08 bits per heavy atom. The van der Waals surface area contributed by atoms with Crippen molar-refractivity contribution in [3.8, 4) is 0 Å². The third kappa shape index (κ3) is 3.20. The van der Waals surface area contributed by atoms with Crippen LogP contribution < -0.4 is 0 Å². The SMILES string of the molecule is O=C(O)/C(=C\c1ccccc1[N+](=O)[O-])c1ccc2c(c1)CCCC2. The fourth-order valence-electron chi connectivity index (χ4n) is 3.10. The standard InChI is InChI=1S/C19H17NO4/c21-19(22)17(12-16-7-3-4-8-18(16)20(23)24)15-10-9-13-5-1-2-6-14(13)11-15/h3-4,7-12H,1-2,5-6H2,(H,21,22)/b17-12-. The van der Waals surface area contributed by atoms with E-state index in [1.54, 1.807) is 24.3 Å². The number of carbonyl (C=O) groups is 1. The Morgan fingerprint density at radius 3 is 2.50 bits per heavy atom. The number of carboxylic acid groups (broad SMARTS) is 1. The first kappa shape index (κ1) is 15.9. The molecule has 1 aliphatic rings. The topological polar surface area (TPSA) is 80.4 Å². The van der Waals surface area contributed by atoms with Crippen LogP contribution in [0.4, 0.5) is 5.69 Å². The van der Waals surface area contributed by atoms with Crippen molar-refractivity contribution in [2.24, 2.45) is 0 Å². The molecule has 5 nitrogen and oxygen atoms in total. The number of aryl methyl sites for hydroxylation is 2. The number of nitrogens with zero attached hydrogens (tertiary/aromatic N) is 1. The third-order valence-corrected chi connectivity index (χ3v) is 4.32. The molecule has 5 heteroatoms. The molecule has 0 radical (unpaired) electrons. The second kappa shape index (κ2) is 6.66. The van der Waals surface area contributed by atoms with Crippen molar-refractivity contribution in [3.05, 3.63) is 74.8 Å². The maximum atomic E-state index is 11.7. The Balaban J connectivity index is 2.08. The summed E-state index contributed by atoms with van der Waals surface area (Å²) in [5.74, 6) is -1.09. The molecule has 1 aliphatic carbocycles. The van der Waals surface area contributed by atoms with Crippen LogP contribution in [-0.2, 0) is 17.6 Å². The van der Waals surface area contributed by atoms with Gasteiger partial charge in [0.2, 0.25) is 0 Å². The summed E-state index contributed by atoms with van der Waals surface area (Å²) < 4.78 is 0. The third-order valence-electron chi connectivity index (χ3n) is 4.32. The van der Waals surface area contributed by atoms with Gasteiger partial charge in [0.25, 0.3) is 5.69 Å². The van der Waals surface area contributed by atoms with Crippen molar-refractivity contribution >= 4 is 23.3 Å². The maximum Gasteiger partial charge on any atom is 0.336 e. The van der Waals surface area contributed by atoms with Crippen molar-refractivity contribution in [1.29, 1.82) is 0 Å². The highest BCUT2D eigenvalue weighted by Gasteiger charge is 2.17. The molecule has 3 rings (SSSR count). The molecule has 0 aromatic heterocycles. The molecule has 0 aliphatic heterocycles. The molecule has 24 heavy (non-hydrogen) atoms. The molecule has 0 unspecified atom stereocenters. The zero-order chi connectivity index (χ0) is 17.1. The number of nitro groups is 1. The molecular formula is C19H17NO4. The first-order valence-electron chi connectivity index (χ1n) is 7.87. The first-order chi connectivity index (χ1) is 11.6. The lowest BCUT2D eigenvalue weighted by Crippen LogP contribution is -2.05. The number of hydrogen-bond donors (Lipinski definition) is 1. The number of para-hydroxylation sites is 1. The van der Waals surface area contributed by atoms with Crippen LogP contribution in [0.3, 0.4) is 0 Å². The van der Waals surface area contributed by atoms with Gasteiger partial charge in [-0.2, -0.15) is 0 Å². The quantitative estimate of drug-likeness (QED) is 0.397. The number of benzene rings is 2. The monoisotopic (exact) mass is 323 g/mol. The number of nitro benzene ring substituents is 1. The summed E-state index contributed by atoms with van der Waals surface area (Å²) in [6.07, 6.45) is 5.61. The van der Waals surface area contributed by atoms with E-state index in [1.165, 1.54) is 23.3 Å². The Kier molecular flexibility index (Phi) is 4.42. The van der Waals surface area contributed by atoms with Gasteiger partial charge in [-0.1, -0.05) is 30.3 Å². The molecule has 0 bridgehead atoms. The highest BCUT2D eigenvalue weighted by molar-refractivity contribution is 6.21. The molecule has 0 heterocycles. The fourth-order valence-corrected chi connectivity index (χ4v) is 3.10. The van der Waals surface area contributed by atoms with E-state index in [0.717, 1.165) is 25.7 Å². The zero-order valence-corrected chi connectivity index (χ0v) is 13.1. The Hall–Kier alpha value is -2.95. The van der Waals surface area contributed by atoms with Crippen LogP contribution in [0.5, 0.6) is 0 Å². The molecule has 0 amide bonds. The van der Waals surface area contributed by atoms with Crippen molar-refractivity contribution in [3.63, 3.8) is 0 Å². The van der Waals surface area contributed by atoms with Gasteiger partial charge in [-0.15, -0.1) is 0 Å². The maximum absolute atomic E-state index is 11.7. The van der Waals surface area contributed by atoms with E-state index in [1.807, 2.05) is 12.1 Å². The highest BCUT2D eigenvalue weighted by atomic mass is 16.6. The van der Waals surface area contributed by atoms with E-state index < -0.39 is 10.9 Å². The average Bonchev–Trinajstić information content (AvgIpc) is 2.59. The molecule has 0 atom stereocenters. The number of rotatable bonds is 4. The van der Waals surface area contributed by atoms with E-state index in [0.29, 0.717) is 5.56 Å². The molecule has 1 N–H and O–H groups in total. The van der Waals surface area contributed by atoms with Crippen LogP contribution in [0, 0.1) is 10.1 Å². The summed E-state index contributed by atoms with van der Waals surface area (Å²) in [6, 6.07) is 11.8. The summed E-state index contributed by atoms with van der Waals surface area (Å²) >= 11 is 0. The largest absolute Gasteiger partial charge is 0.478 e. The fraction of sp³-hybridized carbons (Fsp3) is 0.211. The summed E-state index contributed by atoms with van der Waals surface area (Å²) in [4.78, 5) is 22.3. The number of carboxylic acids is 1. The summed E-state index contributed by atoms with van der Waals surface area (Å²) in [6.45, 7) is 0. The van der Waals surface area contributed by atoms with E-state index in [9.17, 15) is 20.0 Å². The van der Waals surface area contributed by atoms with Crippen LogP contribution in [0.1, 0.15) is 35.1 Å². The van der Waals surface area contributed by atoms with Crippen molar-refractivity contribution < 1.29 is 14.8 Å². The number of hydrogen-bond acceptors (Lipinski definition) is 3. The lowest BCUT2D eigenvalue weighted by molar-refractivity contribution is -0.385. The van der Waals surface area contributed by atoms with E-state index in [2.05, 4.69) is 0 Å². The molecule has 0 saturated carbocycles. The van der Waals surface area contributed by atoms with Crippen LogP contribution in [0.2, 0.25) is 0 Å². The minimum atomic E-state index is -1.09. The average molecular weight is 323 g/mol. The smallest absolute Gasteiger partial charge is 0.336 e. The van der Waals surface area contributed by atoms with Gasteiger partial charge < -0.3 is 5.11 Å². The van der Waals surface area contributed by atoms with Crippen LogP contribution in [0.25, 0.3) is 11.6 Å². The summed E-state index contributed by atoms with van der Waals surface area (Å²) in [7, 11) is 0. The van der Waals surface area contributed by atoms with Gasteiger partial charge in [0, 0.05) is 6.07 Å². The van der Waals surface area contributed by atoms with Gasteiger partial charge in [-0.05, 0) is 54.5 Å². The Labute approximate surface area is 139 Å². The van der Waals surface area contributed by atoms with Crippen molar-refractivity contribution in [2.45, 2.75) is 25.7 Å². The van der Waals surface area contributed by atoms with Gasteiger partial charge in [-0.25, -0.2) is 4.79 Å². The predicted octanol–water partition coefficient (Wildman–Crippen LogP) is 4.10. The summed E-state index contributed by atoms with van der Waals surface area (Å²) in [5.41, 5.74) is 3.28. The molecule has 0 saturated heterocycles. The molecule has 122 valence electrons. The van der Waals surface area contributed by atoms with Crippen LogP contribution in [-0.4, -0.2) is 16.0 Å². The molecule has 0 spiro atoms. The zero-order valence-electron chi connectivity index (χ0n) is 13.1. The van der Waals surface area contributed by atoms with Gasteiger partial charge in [0.1, 0.15) is 0 Å². The van der Waals surface area contributed by atoms with Crippen LogP contribution >= 0.6 is 0 Å². The first-order valence-corrected chi connectivity index (χ1v) is 7.87. The number of aliphatic carboxylic acids is 1. The second-order valence-corrected chi connectivity index (χ2v) is 5.87. The Morgan fingerprint density at radius 2 is 1.79 bits per heavy atom. The minimum Gasteiger partial charge on any atom is -0.478 e. The van der Waals surface area contributed by atoms with Gasteiger partial charge in [0.15, 0.2) is 0 Å². The molecule has 2 aromatic rings. The summed E-state index contributed by atoms with van der Waals surface area (Å²) in [5, 5.41) is 20.7. The van der Waals surface area contributed by atoms with E-state index >= 15 is 0 Å². The normalized spacial score (nSPS) is 14.1. The van der Waals surface area contributed by atoms with E-state index in [-0.39, 0.29) is 16.8 Å². The lowest BCUT2D eigenvalue weighted by Gasteiger charge is -2.16. The van der Waals surface area contributed by atoms with Crippen molar-refractivity contribution in [2.75, 3.05) is 0 Å². The van der Waals surface area contributed by atoms with E-state index in [4.69, 9.17) is 0 Å². The van der Waals surface area contributed by atoms with Gasteiger partial charge in [-0.3, -0.25) is 10.1 Å². The van der Waals surface area contributed by atoms with Crippen LogP contribution in [0.15, 0.2) is 42.5 Å². The highest BCUT2D eigenvalue weighted by Crippen LogP contribution is 2.28. The molecular weight excluding hydrogens is 306 g/mol.